The topological polar surface area (TPSA) is 29.1 Å². The van der Waals surface area contributed by atoms with Gasteiger partial charge in [0, 0.05) is 15.2 Å². The summed E-state index contributed by atoms with van der Waals surface area (Å²) in [4.78, 5) is 12.1. The summed E-state index contributed by atoms with van der Waals surface area (Å²) in [5.41, 5.74) is 2.32. The molecule has 0 saturated carbocycles. The molecule has 92 valence electrons. The average molecular weight is 325 g/mol. The van der Waals surface area contributed by atoms with Crippen molar-refractivity contribution in [1.29, 1.82) is 0 Å². The number of hydrogen-bond donors (Lipinski definition) is 1. The first kappa shape index (κ1) is 13.1. The highest BCUT2D eigenvalue weighted by atomic mass is 79.9. The summed E-state index contributed by atoms with van der Waals surface area (Å²) >= 11 is 9.24. The van der Waals surface area contributed by atoms with Gasteiger partial charge in [-0.2, -0.15) is 0 Å². The van der Waals surface area contributed by atoms with E-state index in [9.17, 15) is 4.79 Å². The monoisotopic (exact) mass is 323 g/mol. The van der Waals surface area contributed by atoms with Crippen molar-refractivity contribution in [1.82, 2.24) is 0 Å². The van der Waals surface area contributed by atoms with Crippen LogP contribution in [0.1, 0.15) is 15.9 Å². The third-order valence-corrected chi connectivity index (χ3v) is 3.38. The van der Waals surface area contributed by atoms with Gasteiger partial charge >= 0.3 is 0 Å². The van der Waals surface area contributed by atoms with Gasteiger partial charge in [-0.05, 0) is 53.2 Å². The summed E-state index contributed by atoms with van der Waals surface area (Å²) in [6.45, 7) is 1.95. The van der Waals surface area contributed by atoms with Crippen molar-refractivity contribution >= 4 is 39.1 Å². The number of aryl methyl sites for hydroxylation is 1. The highest BCUT2D eigenvalue weighted by molar-refractivity contribution is 9.10. The number of amides is 1. The van der Waals surface area contributed by atoms with E-state index in [4.69, 9.17) is 11.6 Å². The van der Waals surface area contributed by atoms with Crippen LogP contribution in [0.5, 0.6) is 0 Å². The lowest BCUT2D eigenvalue weighted by molar-refractivity contribution is 0.102. The Balaban J connectivity index is 2.24. The largest absolute Gasteiger partial charge is 0.322 e. The molecule has 0 aliphatic heterocycles. The molecule has 2 nitrogen and oxygen atoms in total. The van der Waals surface area contributed by atoms with E-state index >= 15 is 0 Å². The van der Waals surface area contributed by atoms with Crippen molar-refractivity contribution in [2.75, 3.05) is 5.32 Å². The number of benzene rings is 2. The molecule has 0 aliphatic carbocycles. The normalized spacial score (nSPS) is 10.2. The Bertz CT molecular complexity index is 598. The summed E-state index contributed by atoms with van der Waals surface area (Å²) in [5, 5.41) is 3.41. The van der Waals surface area contributed by atoms with Crippen LogP contribution in [0.15, 0.2) is 46.9 Å². The molecule has 0 bridgehead atoms. The van der Waals surface area contributed by atoms with Crippen molar-refractivity contribution in [3.63, 3.8) is 0 Å². The van der Waals surface area contributed by atoms with Gasteiger partial charge in [-0.1, -0.05) is 29.3 Å². The van der Waals surface area contributed by atoms with E-state index in [1.54, 1.807) is 24.3 Å². The first-order chi connectivity index (χ1) is 8.56. The average Bonchev–Trinajstić information content (AvgIpc) is 2.32. The number of carbonyl (C=O) groups is 1. The molecule has 2 aromatic carbocycles. The second-order valence-corrected chi connectivity index (χ2v) is 5.24. The summed E-state index contributed by atoms with van der Waals surface area (Å²) in [6.07, 6.45) is 0. The van der Waals surface area contributed by atoms with E-state index < -0.39 is 0 Å². The Kier molecular flexibility index (Phi) is 4.04. The van der Waals surface area contributed by atoms with Crippen LogP contribution in [0.25, 0.3) is 0 Å². The first-order valence-corrected chi connectivity index (χ1v) is 6.56. The van der Waals surface area contributed by atoms with Crippen LogP contribution in [0.2, 0.25) is 5.02 Å². The summed E-state index contributed by atoms with van der Waals surface area (Å²) in [6, 6.07) is 12.7. The third-order valence-electron chi connectivity index (χ3n) is 2.45. The number of hydrogen-bond acceptors (Lipinski definition) is 1. The Morgan fingerprint density at radius 2 is 2.00 bits per heavy atom. The molecular weight excluding hydrogens is 314 g/mol. The zero-order valence-corrected chi connectivity index (χ0v) is 12.0. The standard InChI is InChI=1S/C14H11BrClNO/c1-9-5-6-13(15)12(7-9)14(18)17-11-4-2-3-10(16)8-11/h2-8H,1H3,(H,17,18). The molecule has 0 unspecified atom stereocenters. The molecule has 0 spiro atoms. The van der Waals surface area contributed by atoms with E-state index in [0.717, 1.165) is 10.0 Å². The van der Waals surface area contributed by atoms with Crippen molar-refractivity contribution < 1.29 is 4.79 Å². The van der Waals surface area contributed by atoms with E-state index in [1.807, 2.05) is 25.1 Å². The van der Waals surface area contributed by atoms with Gasteiger partial charge in [0.05, 0.1) is 5.56 Å². The molecule has 1 amide bonds. The minimum absolute atomic E-state index is 0.159. The van der Waals surface area contributed by atoms with Gasteiger partial charge in [-0.3, -0.25) is 4.79 Å². The fourth-order valence-corrected chi connectivity index (χ4v) is 2.19. The second-order valence-electron chi connectivity index (χ2n) is 3.95. The van der Waals surface area contributed by atoms with E-state index in [1.165, 1.54) is 0 Å². The molecule has 1 N–H and O–H groups in total. The number of anilines is 1. The highest BCUT2D eigenvalue weighted by Gasteiger charge is 2.10. The number of halogens is 2. The van der Waals surface area contributed by atoms with Crippen molar-refractivity contribution in [2.45, 2.75) is 6.92 Å². The van der Waals surface area contributed by atoms with Crippen molar-refractivity contribution in [3.8, 4) is 0 Å². The van der Waals surface area contributed by atoms with Gasteiger partial charge in [-0.15, -0.1) is 0 Å². The van der Waals surface area contributed by atoms with Crippen molar-refractivity contribution in [2.24, 2.45) is 0 Å². The van der Waals surface area contributed by atoms with E-state index in [-0.39, 0.29) is 5.91 Å². The lowest BCUT2D eigenvalue weighted by atomic mass is 10.1. The molecule has 2 rings (SSSR count). The van der Waals surface area contributed by atoms with Gasteiger partial charge in [0.1, 0.15) is 0 Å². The molecule has 0 heterocycles. The van der Waals surface area contributed by atoms with Crippen LogP contribution >= 0.6 is 27.5 Å². The lowest BCUT2D eigenvalue weighted by Gasteiger charge is -2.08. The Morgan fingerprint density at radius 3 is 2.72 bits per heavy atom. The number of carbonyl (C=O) groups excluding carboxylic acids is 1. The molecule has 0 saturated heterocycles. The fourth-order valence-electron chi connectivity index (χ4n) is 1.58. The van der Waals surface area contributed by atoms with Crippen LogP contribution in [-0.2, 0) is 0 Å². The van der Waals surface area contributed by atoms with Crippen LogP contribution in [0.3, 0.4) is 0 Å². The zero-order chi connectivity index (χ0) is 13.1. The first-order valence-electron chi connectivity index (χ1n) is 5.39. The predicted molar refractivity (Wildman–Crippen MR) is 78.3 cm³/mol. The van der Waals surface area contributed by atoms with Crippen LogP contribution in [0, 0.1) is 6.92 Å². The SMILES string of the molecule is Cc1ccc(Br)c(C(=O)Nc2cccc(Cl)c2)c1. The molecule has 0 aliphatic rings. The summed E-state index contributed by atoms with van der Waals surface area (Å²) in [5.74, 6) is -0.159. The number of rotatable bonds is 2. The van der Waals surface area contributed by atoms with Crippen molar-refractivity contribution in [3.05, 3.63) is 63.1 Å². The summed E-state index contributed by atoms with van der Waals surface area (Å²) < 4.78 is 0.771. The third kappa shape index (κ3) is 3.12. The lowest BCUT2D eigenvalue weighted by Crippen LogP contribution is -2.12. The molecular formula is C14H11BrClNO. The maximum Gasteiger partial charge on any atom is 0.256 e. The van der Waals surface area contributed by atoms with Gasteiger partial charge in [-0.25, -0.2) is 0 Å². The highest BCUT2D eigenvalue weighted by Crippen LogP contribution is 2.21. The Morgan fingerprint density at radius 1 is 1.22 bits per heavy atom. The molecule has 2 aromatic rings. The molecule has 0 atom stereocenters. The minimum atomic E-state index is -0.159. The van der Waals surface area contributed by atoms with E-state index in [2.05, 4.69) is 21.2 Å². The minimum Gasteiger partial charge on any atom is -0.322 e. The van der Waals surface area contributed by atoms with Gasteiger partial charge in [0.2, 0.25) is 0 Å². The fraction of sp³-hybridized carbons (Fsp3) is 0.0714. The number of nitrogens with one attached hydrogen (secondary N) is 1. The van der Waals surface area contributed by atoms with Gasteiger partial charge in [0.25, 0.3) is 5.91 Å². The predicted octanol–water partition coefficient (Wildman–Crippen LogP) is 4.66. The smallest absolute Gasteiger partial charge is 0.256 e. The Labute approximate surface area is 119 Å². The quantitative estimate of drug-likeness (QED) is 0.855. The van der Waals surface area contributed by atoms with Gasteiger partial charge < -0.3 is 5.32 Å². The van der Waals surface area contributed by atoms with Crippen LogP contribution in [0.4, 0.5) is 5.69 Å². The zero-order valence-electron chi connectivity index (χ0n) is 9.71. The second kappa shape index (κ2) is 5.55. The van der Waals surface area contributed by atoms with Gasteiger partial charge in [0.15, 0.2) is 0 Å². The molecule has 4 heteroatoms. The Hall–Kier alpha value is -1.32. The maximum atomic E-state index is 12.1. The summed E-state index contributed by atoms with van der Waals surface area (Å²) in [7, 11) is 0. The van der Waals surface area contributed by atoms with E-state index in [0.29, 0.717) is 16.3 Å². The van der Waals surface area contributed by atoms with Crippen LogP contribution in [-0.4, -0.2) is 5.91 Å². The molecule has 0 aromatic heterocycles. The molecule has 18 heavy (non-hydrogen) atoms. The van der Waals surface area contributed by atoms with Crippen LogP contribution < -0.4 is 5.32 Å². The molecule has 0 radical (unpaired) electrons. The molecule has 0 fully saturated rings. The maximum absolute atomic E-state index is 12.1.